The minimum absolute atomic E-state index is 0.0125. The lowest BCUT2D eigenvalue weighted by Crippen LogP contribution is -2.54. The second-order valence-electron chi connectivity index (χ2n) is 7.44. The van der Waals surface area contributed by atoms with Crippen LogP contribution < -0.4 is 19.7 Å². The smallest absolute Gasteiger partial charge is 0.270 e. The molecule has 34 heavy (non-hydrogen) atoms. The van der Waals surface area contributed by atoms with E-state index in [0.29, 0.717) is 29.4 Å². The molecule has 0 unspecified atom stereocenters. The van der Waals surface area contributed by atoms with Crippen LogP contribution in [0.4, 0.5) is 5.69 Å². The summed E-state index contributed by atoms with van der Waals surface area (Å²) < 4.78 is 11.3. The normalized spacial score (nSPS) is 14.8. The van der Waals surface area contributed by atoms with Gasteiger partial charge in [0.25, 0.3) is 11.8 Å². The zero-order chi connectivity index (χ0) is 24.1. The molecule has 0 atom stereocenters. The van der Waals surface area contributed by atoms with Crippen LogP contribution in [0.1, 0.15) is 18.9 Å². The molecule has 1 saturated heterocycles. The number of aromatic hydroxyl groups is 1. The number of ether oxygens (including phenoxy) is 2. The van der Waals surface area contributed by atoms with Crippen molar-refractivity contribution in [2.75, 3.05) is 11.5 Å². The van der Waals surface area contributed by atoms with Gasteiger partial charge in [-0.15, -0.1) is 0 Å². The van der Waals surface area contributed by atoms with Crippen LogP contribution >= 0.6 is 12.2 Å². The topological polar surface area (TPSA) is 88.1 Å². The first-order valence-electron chi connectivity index (χ1n) is 10.7. The van der Waals surface area contributed by atoms with Crippen LogP contribution in [0.5, 0.6) is 23.0 Å². The molecule has 2 amide bonds. The number of rotatable bonds is 7. The van der Waals surface area contributed by atoms with Gasteiger partial charge in [0.05, 0.1) is 12.3 Å². The van der Waals surface area contributed by atoms with Crippen LogP contribution in [0.25, 0.3) is 6.08 Å². The molecule has 3 aromatic rings. The molecule has 4 rings (SSSR count). The van der Waals surface area contributed by atoms with Crippen LogP contribution in [-0.2, 0) is 9.59 Å². The minimum atomic E-state index is -0.598. The number of amides is 2. The Balaban J connectivity index is 1.58. The molecule has 8 heteroatoms. The highest BCUT2D eigenvalue weighted by Crippen LogP contribution is 2.30. The van der Waals surface area contributed by atoms with Gasteiger partial charge >= 0.3 is 0 Å². The first-order chi connectivity index (χ1) is 16.5. The highest BCUT2D eigenvalue weighted by Gasteiger charge is 2.34. The third-order valence-electron chi connectivity index (χ3n) is 4.93. The quantitative estimate of drug-likeness (QED) is 0.290. The monoisotopic (exact) mass is 474 g/mol. The maximum Gasteiger partial charge on any atom is 0.270 e. The number of nitrogens with one attached hydrogen (secondary N) is 1. The van der Waals surface area contributed by atoms with E-state index in [2.05, 4.69) is 5.32 Å². The fraction of sp³-hybridized carbons (Fsp3) is 0.115. The molecule has 1 fully saturated rings. The van der Waals surface area contributed by atoms with E-state index in [4.69, 9.17) is 21.7 Å². The van der Waals surface area contributed by atoms with Crippen molar-refractivity contribution in [2.24, 2.45) is 0 Å². The average molecular weight is 475 g/mol. The van der Waals surface area contributed by atoms with E-state index in [1.165, 1.54) is 17.0 Å². The molecule has 7 nitrogen and oxygen atoms in total. The fourth-order valence-corrected chi connectivity index (χ4v) is 3.58. The van der Waals surface area contributed by atoms with Gasteiger partial charge in [-0.3, -0.25) is 19.8 Å². The molecule has 0 bridgehead atoms. The van der Waals surface area contributed by atoms with Crippen molar-refractivity contribution in [3.63, 3.8) is 0 Å². The third kappa shape index (κ3) is 5.07. The average Bonchev–Trinajstić information content (AvgIpc) is 2.83. The molecule has 172 valence electrons. The lowest BCUT2D eigenvalue weighted by atomic mass is 10.1. The largest absolute Gasteiger partial charge is 0.504 e. The molecule has 0 radical (unpaired) electrons. The Morgan fingerprint density at radius 1 is 1.00 bits per heavy atom. The van der Waals surface area contributed by atoms with E-state index in [1.807, 2.05) is 37.3 Å². The van der Waals surface area contributed by atoms with Gasteiger partial charge in [0.15, 0.2) is 16.6 Å². The summed E-state index contributed by atoms with van der Waals surface area (Å²) in [6.07, 6.45) is 2.21. The number of thiocarbonyl (C=S) groups is 1. The molecule has 1 aliphatic heterocycles. The van der Waals surface area contributed by atoms with E-state index in [-0.39, 0.29) is 22.2 Å². The maximum atomic E-state index is 13.2. The van der Waals surface area contributed by atoms with Crippen molar-refractivity contribution in [3.05, 3.63) is 83.9 Å². The Hall–Kier alpha value is -4.17. The Morgan fingerprint density at radius 2 is 1.71 bits per heavy atom. The number of anilines is 1. The number of carbonyl (C=O) groups excluding carboxylic acids is 2. The van der Waals surface area contributed by atoms with Crippen molar-refractivity contribution in [1.29, 1.82) is 0 Å². The van der Waals surface area contributed by atoms with Gasteiger partial charge in [-0.2, -0.15) is 0 Å². The van der Waals surface area contributed by atoms with E-state index in [1.54, 1.807) is 36.4 Å². The first-order valence-corrected chi connectivity index (χ1v) is 11.1. The molecule has 1 aliphatic rings. The van der Waals surface area contributed by atoms with Crippen LogP contribution in [-0.4, -0.2) is 28.6 Å². The van der Waals surface area contributed by atoms with Crippen LogP contribution in [0.15, 0.2) is 78.4 Å². The SMILES string of the molecule is CCCOc1cc(C=C2C(=O)NC(=S)N(c3ccc(Oc4ccccc4)cc3)C2=O)ccc1O. The molecule has 0 spiro atoms. The summed E-state index contributed by atoms with van der Waals surface area (Å²) in [5.41, 5.74) is 0.922. The van der Waals surface area contributed by atoms with Crippen LogP contribution in [0, 0.1) is 0 Å². The van der Waals surface area contributed by atoms with Crippen LogP contribution in [0.3, 0.4) is 0 Å². The predicted octanol–water partition coefficient (Wildman–Crippen LogP) is 4.80. The second kappa shape index (κ2) is 10.2. The number of carbonyl (C=O) groups is 2. The summed E-state index contributed by atoms with van der Waals surface area (Å²) >= 11 is 5.27. The minimum Gasteiger partial charge on any atom is -0.504 e. The second-order valence-corrected chi connectivity index (χ2v) is 7.83. The number of benzene rings is 3. The van der Waals surface area contributed by atoms with Crippen molar-refractivity contribution >= 4 is 40.9 Å². The van der Waals surface area contributed by atoms with Crippen molar-refractivity contribution in [2.45, 2.75) is 13.3 Å². The molecule has 0 aliphatic carbocycles. The third-order valence-corrected chi connectivity index (χ3v) is 5.22. The summed E-state index contributed by atoms with van der Waals surface area (Å²) in [6, 6.07) is 20.8. The summed E-state index contributed by atoms with van der Waals surface area (Å²) in [5.74, 6) is 0.383. The summed E-state index contributed by atoms with van der Waals surface area (Å²) in [7, 11) is 0. The van der Waals surface area contributed by atoms with E-state index < -0.39 is 11.8 Å². The number of phenols is 1. The fourth-order valence-electron chi connectivity index (χ4n) is 3.29. The van der Waals surface area contributed by atoms with Gasteiger partial charge in [0.2, 0.25) is 0 Å². The Kier molecular flexibility index (Phi) is 6.89. The van der Waals surface area contributed by atoms with Crippen molar-refractivity contribution < 1.29 is 24.2 Å². The van der Waals surface area contributed by atoms with Crippen molar-refractivity contribution in [3.8, 4) is 23.0 Å². The standard InChI is InChI=1S/C26H22N2O5S/c1-2-14-32-23-16-17(8-13-22(23)29)15-21-24(30)27-26(34)28(25(21)31)18-9-11-20(12-10-18)33-19-6-4-3-5-7-19/h3-13,15-16,29H,2,14H2,1H3,(H,27,30,34). The number of para-hydroxylation sites is 1. The molecular weight excluding hydrogens is 452 g/mol. The van der Waals surface area contributed by atoms with Gasteiger partial charge in [0.1, 0.15) is 17.1 Å². The van der Waals surface area contributed by atoms with Gasteiger partial charge < -0.3 is 14.6 Å². The molecular formula is C26H22N2O5S. The van der Waals surface area contributed by atoms with Gasteiger partial charge in [-0.05, 0) is 78.8 Å². The Labute approximate surface area is 202 Å². The van der Waals surface area contributed by atoms with Crippen molar-refractivity contribution in [1.82, 2.24) is 5.32 Å². The molecule has 2 N–H and O–H groups in total. The van der Waals surface area contributed by atoms with E-state index >= 15 is 0 Å². The van der Waals surface area contributed by atoms with Gasteiger partial charge in [-0.25, -0.2) is 0 Å². The number of nitrogens with zero attached hydrogens (tertiary/aromatic N) is 1. The van der Waals surface area contributed by atoms with Gasteiger partial charge in [0, 0.05) is 0 Å². The first kappa shape index (κ1) is 23.0. The highest BCUT2D eigenvalue weighted by atomic mass is 32.1. The zero-order valence-corrected chi connectivity index (χ0v) is 19.2. The molecule has 0 aromatic heterocycles. The predicted molar refractivity (Wildman–Crippen MR) is 133 cm³/mol. The van der Waals surface area contributed by atoms with E-state index in [0.717, 1.165) is 6.42 Å². The maximum absolute atomic E-state index is 13.2. The lowest BCUT2D eigenvalue weighted by Gasteiger charge is -2.29. The molecule has 0 saturated carbocycles. The summed E-state index contributed by atoms with van der Waals surface area (Å²) in [6.45, 7) is 2.38. The summed E-state index contributed by atoms with van der Waals surface area (Å²) in [5, 5.41) is 12.5. The number of hydrogen-bond acceptors (Lipinski definition) is 6. The zero-order valence-electron chi connectivity index (χ0n) is 18.4. The molecule has 1 heterocycles. The number of phenolic OH excluding ortho intramolecular Hbond substituents is 1. The lowest BCUT2D eigenvalue weighted by molar-refractivity contribution is -0.122. The van der Waals surface area contributed by atoms with E-state index in [9.17, 15) is 14.7 Å². The number of hydrogen-bond donors (Lipinski definition) is 2. The van der Waals surface area contributed by atoms with Crippen LogP contribution in [0.2, 0.25) is 0 Å². The highest BCUT2D eigenvalue weighted by molar-refractivity contribution is 7.80. The Bertz CT molecular complexity index is 1260. The Morgan fingerprint density at radius 3 is 2.41 bits per heavy atom. The van der Waals surface area contributed by atoms with Gasteiger partial charge in [-0.1, -0.05) is 31.2 Å². The molecule has 3 aromatic carbocycles. The summed E-state index contributed by atoms with van der Waals surface area (Å²) in [4.78, 5) is 27.1.